The predicted octanol–water partition coefficient (Wildman–Crippen LogP) is 6.39. The Morgan fingerprint density at radius 2 is 1.12 bits per heavy atom. The van der Waals surface area contributed by atoms with Crippen molar-refractivity contribution in [2.24, 2.45) is 0 Å². The zero-order valence-corrected chi connectivity index (χ0v) is 14.4. The Labute approximate surface area is 153 Å². The van der Waals surface area contributed by atoms with Crippen LogP contribution in [0.3, 0.4) is 0 Å². The fourth-order valence-electron chi connectivity index (χ4n) is 6.47. The molecule has 1 fully saturated rings. The quantitative estimate of drug-likeness (QED) is 0.350. The van der Waals surface area contributed by atoms with Crippen molar-refractivity contribution in [1.82, 2.24) is 0 Å². The van der Waals surface area contributed by atoms with E-state index in [1.54, 1.807) is 22.3 Å². The molecule has 0 heterocycles. The van der Waals surface area contributed by atoms with E-state index in [2.05, 4.69) is 84.9 Å². The van der Waals surface area contributed by atoms with Gasteiger partial charge in [0, 0.05) is 5.41 Å². The van der Waals surface area contributed by atoms with Crippen molar-refractivity contribution in [1.29, 1.82) is 0 Å². The van der Waals surface area contributed by atoms with Gasteiger partial charge in [-0.3, -0.25) is 0 Å². The molecule has 1 saturated carbocycles. The first-order valence-electron chi connectivity index (χ1n) is 9.61. The summed E-state index contributed by atoms with van der Waals surface area (Å²) in [4.78, 5) is 0. The highest BCUT2D eigenvalue weighted by Gasteiger charge is 2.63. The van der Waals surface area contributed by atoms with Crippen LogP contribution in [0, 0.1) is 0 Å². The van der Waals surface area contributed by atoms with Crippen LogP contribution in [0.4, 0.5) is 0 Å². The second-order valence-corrected chi connectivity index (χ2v) is 8.09. The molecule has 2 bridgehead atoms. The molecule has 1 spiro atoms. The van der Waals surface area contributed by atoms with Gasteiger partial charge in [-0.05, 0) is 62.4 Å². The fourth-order valence-corrected chi connectivity index (χ4v) is 6.47. The number of benzene rings is 4. The molecular formula is C26H18. The zero-order chi connectivity index (χ0) is 16.9. The molecule has 122 valence electrons. The topological polar surface area (TPSA) is 0 Å². The Bertz CT molecular complexity index is 1140. The van der Waals surface area contributed by atoms with Gasteiger partial charge in [0.15, 0.2) is 0 Å². The summed E-state index contributed by atoms with van der Waals surface area (Å²) in [5.74, 6) is 1.19. The lowest BCUT2D eigenvalue weighted by atomic mass is 9.42. The van der Waals surface area contributed by atoms with Crippen LogP contribution in [0.2, 0.25) is 0 Å². The van der Waals surface area contributed by atoms with E-state index in [0.29, 0.717) is 11.8 Å². The monoisotopic (exact) mass is 330 g/mol. The first-order chi connectivity index (χ1) is 12.9. The van der Waals surface area contributed by atoms with Crippen molar-refractivity contribution in [2.75, 3.05) is 0 Å². The molecule has 7 rings (SSSR count). The largest absolute Gasteiger partial charge is 0.0619 e. The third-order valence-electron chi connectivity index (χ3n) is 7.33. The van der Waals surface area contributed by atoms with Crippen LogP contribution >= 0.6 is 0 Å². The van der Waals surface area contributed by atoms with Gasteiger partial charge in [0.2, 0.25) is 0 Å². The van der Waals surface area contributed by atoms with Gasteiger partial charge in [-0.2, -0.15) is 0 Å². The molecule has 4 aromatic rings. The summed E-state index contributed by atoms with van der Waals surface area (Å²) in [6, 6.07) is 32.1. The number of hydrogen-bond donors (Lipinski definition) is 0. The van der Waals surface area contributed by atoms with Crippen molar-refractivity contribution >= 4 is 10.8 Å². The van der Waals surface area contributed by atoms with Gasteiger partial charge in [-0.25, -0.2) is 0 Å². The van der Waals surface area contributed by atoms with E-state index in [4.69, 9.17) is 0 Å². The summed E-state index contributed by atoms with van der Waals surface area (Å²) >= 11 is 0. The van der Waals surface area contributed by atoms with Crippen molar-refractivity contribution in [2.45, 2.75) is 23.7 Å². The highest BCUT2D eigenvalue weighted by atomic mass is 14.7. The summed E-state index contributed by atoms with van der Waals surface area (Å²) < 4.78 is 0. The van der Waals surface area contributed by atoms with Crippen LogP contribution < -0.4 is 0 Å². The molecule has 0 amide bonds. The second-order valence-electron chi connectivity index (χ2n) is 8.09. The Morgan fingerprint density at radius 3 is 1.69 bits per heavy atom. The fraction of sp³-hybridized carbons (Fsp3) is 0.154. The summed E-state index contributed by atoms with van der Waals surface area (Å²) in [5.41, 5.74) is 9.26. The predicted molar refractivity (Wildman–Crippen MR) is 107 cm³/mol. The molecule has 3 aliphatic rings. The smallest absolute Gasteiger partial charge is 0.0352 e. The first-order valence-corrected chi connectivity index (χ1v) is 9.61. The van der Waals surface area contributed by atoms with E-state index >= 15 is 0 Å². The molecular weight excluding hydrogens is 312 g/mol. The van der Waals surface area contributed by atoms with Gasteiger partial charge in [0.1, 0.15) is 0 Å². The van der Waals surface area contributed by atoms with Gasteiger partial charge in [0.25, 0.3) is 0 Å². The first kappa shape index (κ1) is 13.4. The molecule has 0 saturated heterocycles. The summed E-state index contributed by atoms with van der Waals surface area (Å²) in [7, 11) is 0. The lowest BCUT2D eigenvalue weighted by Gasteiger charge is -2.59. The van der Waals surface area contributed by atoms with Gasteiger partial charge in [-0.15, -0.1) is 0 Å². The van der Waals surface area contributed by atoms with Crippen molar-refractivity contribution in [3.05, 3.63) is 107 Å². The normalized spacial score (nSPS) is 22.8. The molecule has 0 unspecified atom stereocenters. The van der Waals surface area contributed by atoms with Gasteiger partial charge < -0.3 is 0 Å². The third-order valence-corrected chi connectivity index (χ3v) is 7.33. The Balaban J connectivity index is 1.64. The third kappa shape index (κ3) is 1.24. The van der Waals surface area contributed by atoms with Gasteiger partial charge in [0.05, 0.1) is 0 Å². The maximum Gasteiger partial charge on any atom is 0.0352 e. The molecule has 2 atom stereocenters. The van der Waals surface area contributed by atoms with Crippen molar-refractivity contribution in [3.8, 4) is 11.1 Å². The minimum atomic E-state index is 0.135. The van der Waals surface area contributed by atoms with E-state index in [1.807, 2.05) is 0 Å². The van der Waals surface area contributed by atoms with Crippen LogP contribution in [0.15, 0.2) is 84.9 Å². The van der Waals surface area contributed by atoms with Crippen molar-refractivity contribution < 1.29 is 0 Å². The Hall–Kier alpha value is -2.86. The molecule has 0 radical (unpaired) electrons. The van der Waals surface area contributed by atoms with E-state index in [1.165, 1.54) is 28.3 Å². The lowest BCUT2D eigenvalue weighted by Crippen LogP contribution is -2.51. The maximum atomic E-state index is 2.39. The van der Waals surface area contributed by atoms with Gasteiger partial charge >= 0.3 is 0 Å². The molecule has 0 N–H and O–H groups in total. The summed E-state index contributed by atoms with van der Waals surface area (Å²) in [6.45, 7) is 0. The molecule has 0 aliphatic heterocycles. The highest BCUT2D eigenvalue weighted by molar-refractivity contribution is 5.95. The molecule has 0 aromatic heterocycles. The number of rotatable bonds is 0. The van der Waals surface area contributed by atoms with E-state index in [9.17, 15) is 0 Å². The van der Waals surface area contributed by atoms with E-state index in [0.717, 1.165) is 0 Å². The standard InChI is InChI=1S/C26H18/c1-3-13-21-17(9-1)18-10-2-4-14-22(18)26(21)23-15-24(26)20-12-6-8-16-7-5-11-19(23)25(16)20/h1-14,23-24H,15H2/t23-,24+. The minimum absolute atomic E-state index is 0.135. The van der Waals surface area contributed by atoms with Crippen molar-refractivity contribution in [3.63, 3.8) is 0 Å². The maximum absolute atomic E-state index is 2.39. The summed E-state index contributed by atoms with van der Waals surface area (Å²) in [6.07, 6.45) is 1.28. The molecule has 26 heavy (non-hydrogen) atoms. The Kier molecular flexibility index (Phi) is 2.19. The Morgan fingerprint density at radius 1 is 0.577 bits per heavy atom. The average Bonchev–Trinajstić information content (AvgIpc) is 3.01. The van der Waals surface area contributed by atoms with Crippen LogP contribution in [-0.2, 0) is 5.41 Å². The van der Waals surface area contributed by atoms with E-state index in [-0.39, 0.29) is 5.41 Å². The molecule has 0 nitrogen and oxygen atoms in total. The van der Waals surface area contributed by atoms with Crippen LogP contribution in [0.5, 0.6) is 0 Å². The zero-order valence-electron chi connectivity index (χ0n) is 14.4. The SMILES string of the molecule is c1ccc2c(c1)-c1ccccc1C21[C@@H]2C[C@H]1c1cccc3cccc2c13. The lowest BCUT2D eigenvalue weighted by molar-refractivity contribution is 0.188. The van der Waals surface area contributed by atoms with Crippen LogP contribution in [0.25, 0.3) is 21.9 Å². The van der Waals surface area contributed by atoms with Gasteiger partial charge in [-0.1, -0.05) is 84.9 Å². The number of hydrogen-bond acceptors (Lipinski definition) is 0. The average molecular weight is 330 g/mol. The second kappa shape index (κ2) is 4.27. The highest BCUT2D eigenvalue weighted by Crippen LogP contribution is 2.74. The summed E-state index contributed by atoms with van der Waals surface area (Å²) in [5, 5.41) is 2.94. The molecule has 4 aromatic carbocycles. The number of fused-ring (bicyclic) bond motifs is 5. The molecule has 0 heteroatoms. The van der Waals surface area contributed by atoms with E-state index < -0.39 is 0 Å². The molecule has 3 aliphatic carbocycles. The van der Waals surface area contributed by atoms with Crippen LogP contribution in [0.1, 0.15) is 40.5 Å². The van der Waals surface area contributed by atoms with Crippen LogP contribution in [-0.4, -0.2) is 0 Å². The minimum Gasteiger partial charge on any atom is -0.0619 e.